The Labute approximate surface area is 183 Å². The summed E-state index contributed by atoms with van der Waals surface area (Å²) in [5.74, 6) is 1.66. The van der Waals surface area contributed by atoms with Gasteiger partial charge in [0.05, 0.1) is 0 Å². The highest BCUT2D eigenvalue weighted by Crippen LogP contribution is 2.15. The molecule has 1 aliphatic heterocycles. The van der Waals surface area contributed by atoms with Crippen molar-refractivity contribution in [2.75, 3.05) is 57.8 Å². The average Bonchev–Trinajstić information content (AvgIpc) is 2.67. The molecule has 0 spiro atoms. The Hall–Kier alpha value is -1.02. The Balaban J connectivity index is 0.00000364. The molecule has 0 unspecified atom stereocenters. The SMILES string of the molecule is CN=C(NCCCCN1CCN(c2ccccc2)CC1)NCCC(C)C.I. The van der Waals surface area contributed by atoms with Gasteiger partial charge in [-0.1, -0.05) is 32.0 Å². The van der Waals surface area contributed by atoms with Crippen molar-refractivity contribution in [2.24, 2.45) is 10.9 Å². The Kier molecular flexibility index (Phi) is 12.5. The van der Waals surface area contributed by atoms with Crippen LogP contribution in [-0.2, 0) is 0 Å². The van der Waals surface area contributed by atoms with Crippen LogP contribution in [0.1, 0.15) is 33.1 Å². The first-order chi connectivity index (χ1) is 12.7. The minimum absolute atomic E-state index is 0. The van der Waals surface area contributed by atoms with E-state index in [4.69, 9.17) is 0 Å². The highest BCUT2D eigenvalue weighted by molar-refractivity contribution is 14.0. The summed E-state index contributed by atoms with van der Waals surface area (Å²) < 4.78 is 0. The molecule has 6 heteroatoms. The maximum absolute atomic E-state index is 4.29. The monoisotopic (exact) mass is 487 g/mol. The third kappa shape index (κ3) is 9.65. The van der Waals surface area contributed by atoms with Crippen molar-refractivity contribution in [2.45, 2.75) is 33.1 Å². The zero-order valence-electron chi connectivity index (χ0n) is 17.3. The molecule has 0 saturated carbocycles. The molecule has 0 radical (unpaired) electrons. The van der Waals surface area contributed by atoms with Gasteiger partial charge < -0.3 is 15.5 Å². The minimum Gasteiger partial charge on any atom is -0.369 e. The number of unbranched alkanes of at least 4 members (excludes halogenated alkanes) is 1. The first kappa shape index (κ1) is 24.0. The fraction of sp³-hybridized carbons (Fsp3) is 0.667. The maximum Gasteiger partial charge on any atom is 0.190 e. The zero-order chi connectivity index (χ0) is 18.6. The molecule has 1 fully saturated rings. The van der Waals surface area contributed by atoms with E-state index in [1.54, 1.807) is 0 Å². The average molecular weight is 487 g/mol. The van der Waals surface area contributed by atoms with Crippen molar-refractivity contribution in [3.05, 3.63) is 30.3 Å². The number of piperazine rings is 1. The Morgan fingerprint density at radius 1 is 1.00 bits per heavy atom. The van der Waals surface area contributed by atoms with Gasteiger partial charge in [-0.05, 0) is 43.9 Å². The lowest BCUT2D eigenvalue weighted by Crippen LogP contribution is -2.46. The molecule has 1 saturated heterocycles. The lowest BCUT2D eigenvalue weighted by molar-refractivity contribution is 0.253. The van der Waals surface area contributed by atoms with E-state index in [-0.39, 0.29) is 24.0 Å². The molecule has 1 aliphatic rings. The van der Waals surface area contributed by atoms with E-state index in [1.807, 2.05) is 7.05 Å². The van der Waals surface area contributed by atoms with Crippen molar-refractivity contribution in [1.82, 2.24) is 15.5 Å². The summed E-state index contributed by atoms with van der Waals surface area (Å²) in [7, 11) is 1.84. The number of halogens is 1. The summed E-state index contributed by atoms with van der Waals surface area (Å²) in [4.78, 5) is 9.37. The van der Waals surface area contributed by atoms with Crippen LogP contribution in [0.2, 0.25) is 0 Å². The lowest BCUT2D eigenvalue weighted by Gasteiger charge is -2.36. The molecule has 27 heavy (non-hydrogen) atoms. The third-order valence-electron chi connectivity index (χ3n) is 4.92. The number of nitrogens with one attached hydrogen (secondary N) is 2. The summed E-state index contributed by atoms with van der Waals surface area (Å²) in [6, 6.07) is 10.8. The molecular formula is C21H38IN5. The highest BCUT2D eigenvalue weighted by atomic mass is 127. The molecule has 5 nitrogen and oxygen atoms in total. The standard InChI is InChI=1S/C21H37N5.HI/c1-19(2)11-13-24-21(22-3)23-12-7-8-14-25-15-17-26(18-16-25)20-9-5-4-6-10-20;/h4-6,9-10,19H,7-8,11-18H2,1-3H3,(H2,22,23,24);1H. The van der Waals surface area contributed by atoms with Gasteiger partial charge in [0.25, 0.3) is 0 Å². The molecule has 0 amide bonds. The Morgan fingerprint density at radius 3 is 2.30 bits per heavy atom. The van der Waals surface area contributed by atoms with E-state index in [1.165, 1.54) is 44.6 Å². The molecule has 1 heterocycles. The first-order valence-corrected chi connectivity index (χ1v) is 10.2. The third-order valence-corrected chi connectivity index (χ3v) is 4.92. The van der Waals surface area contributed by atoms with E-state index in [0.29, 0.717) is 0 Å². The second-order valence-electron chi connectivity index (χ2n) is 7.48. The quantitative estimate of drug-likeness (QED) is 0.243. The molecule has 0 aromatic heterocycles. The van der Waals surface area contributed by atoms with Crippen LogP contribution in [0.25, 0.3) is 0 Å². The molecular weight excluding hydrogens is 449 g/mol. The van der Waals surface area contributed by atoms with Crippen LogP contribution in [0.15, 0.2) is 35.3 Å². The number of anilines is 1. The van der Waals surface area contributed by atoms with E-state index >= 15 is 0 Å². The Bertz CT molecular complexity index is 513. The van der Waals surface area contributed by atoms with Gasteiger partial charge in [-0.3, -0.25) is 9.89 Å². The van der Waals surface area contributed by atoms with E-state index < -0.39 is 0 Å². The second-order valence-corrected chi connectivity index (χ2v) is 7.48. The molecule has 0 aliphatic carbocycles. The second kappa shape index (κ2) is 14.0. The molecule has 1 aromatic carbocycles. The fourth-order valence-corrected chi connectivity index (χ4v) is 3.24. The highest BCUT2D eigenvalue weighted by Gasteiger charge is 2.16. The van der Waals surface area contributed by atoms with Crippen LogP contribution < -0.4 is 15.5 Å². The maximum atomic E-state index is 4.29. The van der Waals surface area contributed by atoms with Crippen LogP contribution in [0.3, 0.4) is 0 Å². The van der Waals surface area contributed by atoms with E-state index in [9.17, 15) is 0 Å². The van der Waals surface area contributed by atoms with Crippen LogP contribution in [0.4, 0.5) is 5.69 Å². The number of hydrogen-bond donors (Lipinski definition) is 2. The summed E-state index contributed by atoms with van der Waals surface area (Å²) in [6.45, 7) is 12.3. The van der Waals surface area contributed by atoms with Crippen molar-refractivity contribution in [3.8, 4) is 0 Å². The van der Waals surface area contributed by atoms with Gasteiger partial charge in [-0.2, -0.15) is 0 Å². The van der Waals surface area contributed by atoms with Crippen LogP contribution >= 0.6 is 24.0 Å². The predicted octanol–water partition coefficient (Wildman–Crippen LogP) is 3.42. The number of aliphatic imine (C=N–C) groups is 1. The van der Waals surface area contributed by atoms with Crippen LogP contribution in [-0.4, -0.2) is 63.7 Å². The molecule has 0 bridgehead atoms. The van der Waals surface area contributed by atoms with Gasteiger partial charge in [-0.25, -0.2) is 0 Å². The summed E-state index contributed by atoms with van der Waals surface area (Å²) >= 11 is 0. The fourth-order valence-electron chi connectivity index (χ4n) is 3.24. The van der Waals surface area contributed by atoms with E-state index in [0.717, 1.165) is 38.1 Å². The lowest BCUT2D eigenvalue weighted by atomic mass is 10.1. The number of rotatable bonds is 9. The predicted molar refractivity (Wildman–Crippen MR) is 129 cm³/mol. The number of nitrogens with zero attached hydrogens (tertiary/aromatic N) is 3. The summed E-state index contributed by atoms with van der Waals surface area (Å²) in [5.41, 5.74) is 1.35. The normalized spacial score (nSPS) is 15.6. The van der Waals surface area contributed by atoms with Crippen LogP contribution in [0.5, 0.6) is 0 Å². The minimum atomic E-state index is 0. The molecule has 154 valence electrons. The Morgan fingerprint density at radius 2 is 1.67 bits per heavy atom. The number of guanidine groups is 1. The number of benzene rings is 1. The summed E-state index contributed by atoms with van der Waals surface area (Å²) in [5, 5.41) is 6.81. The van der Waals surface area contributed by atoms with Gasteiger partial charge in [0, 0.05) is 52.0 Å². The molecule has 2 rings (SSSR count). The van der Waals surface area contributed by atoms with Crippen molar-refractivity contribution in [1.29, 1.82) is 0 Å². The number of hydrogen-bond acceptors (Lipinski definition) is 3. The van der Waals surface area contributed by atoms with Crippen molar-refractivity contribution >= 4 is 35.6 Å². The zero-order valence-corrected chi connectivity index (χ0v) is 19.6. The van der Waals surface area contributed by atoms with Gasteiger partial charge in [0.2, 0.25) is 0 Å². The topological polar surface area (TPSA) is 42.9 Å². The van der Waals surface area contributed by atoms with Crippen molar-refractivity contribution < 1.29 is 0 Å². The van der Waals surface area contributed by atoms with Crippen molar-refractivity contribution in [3.63, 3.8) is 0 Å². The molecule has 1 aromatic rings. The number of para-hydroxylation sites is 1. The van der Waals surface area contributed by atoms with Gasteiger partial charge in [0.15, 0.2) is 5.96 Å². The first-order valence-electron chi connectivity index (χ1n) is 10.2. The van der Waals surface area contributed by atoms with Gasteiger partial charge >= 0.3 is 0 Å². The molecule has 0 atom stereocenters. The van der Waals surface area contributed by atoms with E-state index in [2.05, 4.69) is 69.6 Å². The molecule has 2 N–H and O–H groups in total. The largest absolute Gasteiger partial charge is 0.369 e. The van der Waals surface area contributed by atoms with Crippen LogP contribution in [0, 0.1) is 5.92 Å². The van der Waals surface area contributed by atoms with Gasteiger partial charge in [0.1, 0.15) is 0 Å². The smallest absolute Gasteiger partial charge is 0.190 e. The van der Waals surface area contributed by atoms with Gasteiger partial charge in [-0.15, -0.1) is 24.0 Å². The summed E-state index contributed by atoms with van der Waals surface area (Å²) in [6.07, 6.45) is 3.60.